The highest BCUT2D eigenvalue weighted by atomic mass is 16.6. The first-order valence-corrected chi connectivity index (χ1v) is 11.3. The molecule has 0 bridgehead atoms. The molecule has 2 saturated heterocycles. The monoisotopic (exact) mass is 534 g/mol. The van der Waals surface area contributed by atoms with Crippen LogP contribution in [0, 0.1) is 26.1 Å². The summed E-state index contributed by atoms with van der Waals surface area (Å²) < 4.78 is 39.0. The van der Waals surface area contributed by atoms with Crippen molar-refractivity contribution in [2.75, 3.05) is 41.7 Å². The van der Waals surface area contributed by atoms with Gasteiger partial charge in [0.05, 0.1) is 86.8 Å². The van der Waals surface area contributed by atoms with Gasteiger partial charge in [0.15, 0.2) is 28.6 Å². The molecule has 0 radical (unpaired) electrons. The predicted octanol–water partition coefficient (Wildman–Crippen LogP) is 3.30. The molecule has 0 saturated carbocycles. The molecule has 2 heterocycles. The number of carbonyl (C=O) groups excluding carboxylic acids is 1. The molecule has 0 N–H and O–H groups in total. The number of benzene rings is 2. The van der Waals surface area contributed by atoms with E-state index in [0.29, 0.717) is 0 Å². The standard InChI is InChI=1S/C24H26N2O12/c1-12(27)38-24-11-37-22(13-6-18(32-2)20(34-4)8-16(13)25(28)29)15(24)10-36-23(24)14-7-19(33-3)21(35-5)9-17(14)26(30)31/h6-9,15,22-23H,10-11H2,1-5H3/t15-,22+,23-,24-/m0/s1. The number of nitrogens with zero attached hydrogens (tertiary/aromatic N) is 2. The molecule has 4 atom stereocenters. The van der Waals surface area contributed by atoms with Crippen molar-refractivity contribution in [1.29, 1.82) is 0 Å². The number of methoxy groups -OCH3 is 4. The molecule has 2 aliphatic rings. The summed E-state index contributed by atoms with van der Waals surface area (Å²) in [6.07, 6.45) is -2.13. The molecule has 0 amide bonds. The molecule has 2 aromatic rings. The molecule has 14 heteroatoms. The van der Waals surface area contributed by atoms with E-state index in [9.17, 15) is 25.0 Å². The second-order valence-electron chi connectivity index (χ2n) is 8.65. The molecule has 0 spiro atoms. The Bertz CT molecular complexity index is 1280. The summed E-state index contributed by atoms with van der Waals surface area (Å²) >= 11 is 0. The number of nitro groups is 2. The summed E-state index contributed by atoms with van der Waals surface area (Å²) in [5, 5.41) is 24.0. The minimum absolute atomic E-state index is 0.0717. The predicted molar refractivity (Wildman–Crippen MR) is 128 cm³/mol. The number of esters is 1. The van der Waals surface area contributed by atoms with Gasteiger partial charge in [0.25, 0.3) is 11.4 Å². The third-order valence-corrected chi connectivity index (χ3v) is 6.75. The Morgan fingerprint density at radius 1 is 0.842 bits per heavy atom. The zero-order valence-electron chi connectivity index (χ0n) is 21.2. The van der Waals surface area contributed by atoms with Gasteiger partial charge >= 0.3 is 5.97 Å². The van der Waals surface area contributed by atoms with Crippen molar-refractivity contribution in [2.24, 2.45) is 5.92 Å². The van der Waals surface area contributed by atoms with Crippen LogP contribution in [0.15, 0.2) is 24.3 Å². The summed E-state index contributed by atoms with van der Waals surface area (Å²) in [6, 6.07) is 5.23. The largest absolute Gasteiger partial charge is 0.493 e. The van der Waals surface area contributed by atoms with Crippen molar-refractivity contribution >= 4 is 17.3 Å². The Morgan fingerprint density at radius 3 is 1.79 bits per heavy atom. The Kier molecular flexibility index (Phi) is 7.29. The number of hydrogen-bond donors (Lipinski definition) is 0. The summed E-state index contributed by atoms with van der Waals surface area (Å²) in [4.78, 5) is 35.1. The van der Waals surface area contributed by atoms with E-state index >= 15 is 0 Å². The molecule has 204 valence electrons. The van der Waals surface area contributed by atoms with Crippen LogP contribution in [0.3, 0.4) is 0 Å². The maximum atomic E-state index is 12.3. The molecular weight excluding hydrogens is 508 g/mol. The van der Waals surface area contributed by atoms with Crippen molar-refractivity contribution < 1.29 is 47.8 Å². The summed E-state index contributed by atoms with van der Waals surface area (Å²) in [7, 11) is 5.45. The smallest absolute Gasteiger partial charge is 0.303 e. The lowest BCUT2D eigenvalue weighted by Crippen LogP contribution is -2.44. The van der Waals surface area contributed by atoms with Gasteiger partial charge in [0.2, 0.25) is 0 Å². The van der Waals surface area contributed by atoms with Crippen molar-refractivity contribution in [3.05, 3.63) is 55.6 Å². The average molecular weight is 534 g/mol. The molecule has 2 aromatic carbocycles. The Balaban J connectivity index is 1.87. The van der Waals surface area contributed by atoms with E-state index in [2.05, 4.69) is 0 Å². The normalized spacial score (nSPS) is 23.9. The van der Waals surface area contributed by atoms with Gasteiger partial charge in [-0.25, -0.2) is 0 Å². The topological polar surface area (TPSA) is 168 Å². The van der Waals surface area contributed by atoms with Crippen LogP contribution in [0.25, 0.3) is 0 Å². The Labute approximate surface area is 216 Å². The lowest BCUT2D eigenvalue weighted by atomic mass is 9.79. The number of nitro benzene ring substituents is 2. The molecule has 0 aromatic heterocycles. The van der Waals surface area contributed by atoms with Crippen LogP contribution in [-0.4, -0.2) is 63.1 Å². The molecule has 4 rings (SSSR count). The minimum Gasteiger partial charge on any atom is -0.493 e. The Hall–Kier alpha value is -4.17. The maximum Gasteiger partial charge on any atom is 0.303 e. The van der Waals surface area contributed by atoms with Gasteiger partial charge in [-0.3, -0.25) is 25.0 Å². The summed E-state index contributed by atoms with van der Waals surface area (Å²) in [5.41, 5.74) is -1.96. The third-order valence-electron chi connectivity index (χ3n) is 6.75. The molecule has 38 heavy (non-hydrogen) atoms. The summed E-state index contributed by atoms with van der Waals surface area (Å²) in [5.74, 6) is -0.744. The first-order chi connectivity index (χ1) is 18.1. The number of rotatable bonds is 9. The minimum atomic E-state index is -1.54. The SMILES string of the molecule is COc1cc([C@H]2OC[C@@]3(OC(C)=O)[C@H](c4cc(OC)c(OC)cc4[N+](=O)[O-])OC[C@@H]23)c([N+](=O)[O-])cc1OC. The van der Waals surface area contributed by atoms with Crippen LogP contribution in [0.2, 0.25) is 0 Å². The van der Waals surface area contributed by atoms with Gasteiger partial charge in [0.1, 0.15) is 6.10 Å². The van der Waals surface area contributed by atoms with Gasteiger partial charge in [-0.15, -0.1) is 0 Å². The molecule has 14 nitrogen and oxygen atoms in total. The fraction of sp³-hybridized carbons (Fsp3) is 0.458. The van der Waals surface area contributed by atoms with E-state index in [1.807, 2.05) is 0 Å². The van der Waals surface area contributed by atoms with Crippen LogP contribution in [0.1, 0.15) is 30.3 Å². The van der Waals surface area contributed by atoms with E-state index in [4.69, 9.17) is 33.2 Å². The maximum absolute atomic E-state index is 12.3. The fourth-order valence-electron chi connectivity index (χ4n) is 5.15. The first-order valence-electron chi connectivity index (χ1n) is 11.3. The van der Waals surface area contributed by atoms with Crippen LogP contribution in [-0.2, 0) is 19.0 Å². The van der Waals surface area contributed by atoms with Crippen LogP contribution >= 0.6 is 0 Å². The number of hydrogen-bond acceptors (Lipinski definition) is 12. The van der Waals surface area contributed by atoms with Gasteiger partial charge in [-0.05, 0) is 12.1 Å². The number of ether oxygens (including phenoxy) is 7. The van der Waals surface area contributed by atoms with E-state index in [1.54, 1.807) is 0 Å². The van der Waals surface area contributed by atoms with E-state index in [1.165, 1.54) is 59.6 Å². The zero-order chi connectivity index (χ0) is 27.8. The number of carbonyl (C=O) groups is 1. The van der Waals surface area contributed by atoms with Crippen LogP contribution in [0.4, 0.5) is 11.4 Å². The van der Waals surface area contributed by atoms with Crippen LogP contribution < -0.4 is 18.9 Å². The van der Waals surface area contributed by atoms with Crippen LogP contribution in [0.5, 0.6) is 23.0 Å². The molecule has 2 fully saturated rings. The highest BCUT2D eigenvalue weighted by Crippen LogP contribution is 2.58. The molecular formula is C24H26N2O12. The second kappa shape index (κ2) is 10.3. The van der Waals surface area contributed by atoms with Gasteiger partial charge < -0.3 is 33.2 Å². The highest BCUT2D eigenvalue weighted by Gasteiger charge is 2.64. The lowest BCUT2D eigenvalue weighted by molar-refractivity contribution is -0.386. The Morgan fingerprint density at radius 2 is 1.32 bits per heavy atom. The van der Waals surface area contributed by atoms with Crippen molar-refractivity contribution in [3.63, 3.8) is 0 Å². The van der Waals surface area contributed by atoms with Gasteiger partial charge in [0, 0.05) is 6.92 Å². The first kappa shape index (κ1) is 26.9. The van der Waals surface area contributed by atoms with E-state index < -0.39 is 39.5 Å². The molecule has 0 aliphatic carbocycles. The highest BCUT2D eigenvalue weighted by molar-refractivity contribution is 5.67. The van der Waals surface area contributed by atoms with Gasteiger partial charge in [-0.1, -0.05) is 0 Å². The third kappa shape index (κ3) is 4.31. The average Bonchev–Trinajstić information content (AvgIpc) is 3.42. The van der Waals surface area contributed by atoms with E-state index in [-0.39, 0.29) is 58.7 Å². The quantitative estimate of drug-likeness (QED) is 0.262. The molecule has 2 aliphatic heterocycles. The van der Waals surface area contributed by atoms with Crippen molar-refractivity contribution in [3.8, 4) is 23.0 Å². The van der Waals surface area contributed by atoms with Crippen molar-refractivity contribution in [1.82, 2.24) is 0 Å². The van der Waals surface area contributed by atoms with Crippen molar-refractivity contribution in [2.45, 2.75) is 24.7 Å². The van der Waals surface area contributed by atoms with E-state index in [0.717, 1.165) is 0 Å². The number of fused-ring (bicyclic) bond motifs is 1. The summed E-state index contributed by atoms with van der Waals surface area (Å²) in [6.45, 7) is 0.861. The van der Waals surface area contributed by atoms with Gasteiger partial charge in [-0.2, -0.15) is 0 Å². The molecule has 0 unspecified atom stereocenters. The lowest BCUT2D eigenvalue weighted by Gasteiger charge is -2.32. The zero-order valence-corrected chi connectivity index (χ0v) is 21.2. The second-order valence-corrected chi connectivity index (χ2v) is 8.65. The fourth-order valence-corrected chi connectivity index (χ4v) is 5.15.